The molecule has 1 aliphatic rings. The molecule has 4 heterocycles. The normalized spacial score (nSPS) is 21.0. The molecule has 0 spiro atoms. The zero-order valence-corrected chi connectivity index (χ0v) is 13.4. The maximum Gasteiger partial charge on any atom is 0.268 e. The van der Waals surface area contributed by atoms with Crippen LogP contribution >= 0.6 is 0 Å². The number of pyridine rings is 1. The van der Waals surface area contributed by atoms with Crippen LogP contribution in [0.4, 0.5) is 0 Å². The zero-order valence-electron chi connectivity index (χ0n) is 13.4. The van der Waals surface area contributed by atoms with Crippen molar-refractivity contribution in [2.45, 2.75) is 25.0 Å². The van der Waals surface area contributed by atoms with Gasteiger partial charge >= 0.3 is 0 Å². The summed E-state index contributed by atoms with van der Waals surface area (Å²) >= 11 is 0. The number of aromatic nitrogens is 4. The van der Waals surface area contributed by atoms with Gasteiger partial charge in [-0.25, -0.2) is 9.97 Å². The molecule has 1 aliphatic heterocycles. The third kappa shape index (κ3) is 2.67. The Hall–Kier alpha value is -2.67. The fourth-order valence-corrected chi connectivity index (χ4v) is 3.20. The summed E-state index contributed by atoms with van der Waals surface area (Å²) in [5.41, 5.74) is 2.39. The van der Waals surface area contributed by atoms with Gasteiger partial charge in [-0.3, -0.25) is 9.20 Å². The minimum absolute atomic E-state index is 0.0411. The molecule has 1 amide bonds. The molecule has 7 nitrogen and oxygen atoms in total. The molecule has 7 heteroatoms. The second kappa shape index (κ2) is 6.09. The van der Waals surface area contributed by atoms with Gasteiger partial charge in [0, 0.05) is 32.1 Å². The van der Waals surface area contributed by atoms with Crippen molar-refractivity contribution in [1.82, 2.24) is 24.3 Å². The van der Waals surface area contributed by atoms with Gasteiger partial charge in [0.2, 0.25) is 0 Å². The predicted octanol–water partition coefficient (Wildman–Crippen LogP) is 1.72. The lowest BCUT2D eigenvalue weighted by atomic mass is 10.0. The lowest BCUT2D eigenvalue weighted by Gasteiger charge is -2.30. The number of hydrogen-bond donors (Lipinski definition) is 1. The topological polar surface area (TPSA) is 73.5 Å². The van der Waals surface area contributed by atoms with Gasteiger partial charge in [0.15, 0.2) is 0 Å². The molecule has 0 aliphatic carbocycles. The molecule has 0 radical (unpaired) electrons. The van der Waals surface area contributed by atoms with E-state index < -0.39 is 0 Å². The lowest BCUT2D eigenvalue weighted by Crippen LogP contribution is -2.40. The van der Waals surface area contributed by atoms with Gasteiger partial charge in [-0.1, -0.05) is 6.07 Å². The molecule has 124 valence electrons. The van der Waals surface area contributed by atoms with Crippen molar-refractivity contribution in [2.24, 2.45) is 7.05 Å². The van der Waals surface area contributed by atoms with Gasteiger partial charge in [-0.15, -0.1) is 0 Å². The highest BCUT2D eigenvalue weighted by molar-refractivity contribution is 5.93. The van der Waals surface area contributed by atoms with Crippen LogP contribution < -0.4 is 5.32 Å². The van der Waals surface area contributed by atoms with Crippen molar-refractivity contribution < 1.29 is 9.53 Å². The highest BCUT2D eigenvalue weighted by Gasteiger charge is 2.27. The quantitative estimate of drug-likeness (QED) is 0.796. The largest absolute Gasteiger partial charge is 0.372 e. The summed E-state index contributed by atoms with van der Waals surface area (Å²) in [4.78, 5) is 21.0. The van der Waals surface area contributed by atoms with Crippen molar-refractivity contribution in [2.75, 3.05) is 6.61 Å². The first kappa shape index (κ1) is 14.9. The Bertz CT molecular complexity index is 869. The van der Waals surface area contributed by atoms with Crippen LogP contribution in [0.2, 0.25) is 0 Å². The van der Waals surface area contributed by atoms with Gasteiger partial charge in [-0.2, -0.15) is 0 Å². The second-order valence-corrected chi connectivity index (χ2v) is 6.05. The van der Waals surface area contributed by atoms with Crippen molar-refractivity contribution in [3.63, 3.8) is 0 Å². The number of imidazole rings is 2. The number of hydrogen-bond acceptors (Lipinski definition) is 4. The van der Waals surface area contributed by atoms with E-state index in [1.807, 2.05) is 36.0 Å². The first-order valence-corrected chi connectivity index (χ1v) is 8.03. The van der Waals surface area contributed by atoms with Crippen LogP contribution in [0, 0.1) is 0 Å². The molecule has 2 unspecified atom stereocenters. The highest BCUT2D eigenvalue weighted by Crippen LogP contribution is 2.27. The SMILES string of the molecule is Cn1cncc1C1CC(NC(=O)c2cccc3nccn23)CCO1. The third-order valence-electron chi connectivity index (χ3n) is 4.46. The average molecular weight is 325 g/mol. The van der Waals surface area contributed by atoms with Crippen molar-refractivity contribution in [3.05, 3.63) is 54.5 Å². The van der Waals surface area contributed by atoms with E-state index in [2.05, 4.69) is 15.3 Å². The average Bonchev–Trinajstić information content (AvgIpc) is 3.23. The molecule has 1 N–H and O–H groups in total. The fourth-order valence-electron chi connectivity index (χ4n) is 3.20. The summed E-state index contributed by atoms with van der Waals surface area (Å²) in [5, 5.41) is 3.13. The van der Waals surface area contributed by atoms with Crippen molar-refractivity contribution >= 4 is 11.6 Å². The van der Waals surface area contributed by atoms with E-state index in [1.54, 1.807) is 23.1 Å². The Morgan fingerprint density at radius 3 is 3.17 bits per heavy atom. The Labute approximate surface area is 139 Å². The summed E-state index contributed by atoms with van der Waals surface area (Å²) < 4.78 is 9.61. The first-order valence-electron chi connectivity index (χ1n) is 8.03. The van der Waals surface area contributed by atoms with Crippen LogP contribution in [0.5, 0.6) is 0 Å². The molecule has 0 saturated carbocycles. The van der Waals surface area contributed by atoms with Crippen LogP contribution in [-0.4, -0.2) is 37.5 Å². The standard InChI is InChI=1S/C17H19N5O2/c1-21-11-18-10-14(21)15-9-12(5-8-24-15)20-17(23)13-3-2-4-16-19-6-7-22(13)16/h2-4,6-7,10-12,15H,5,8-9H2,1H3,(H,20,23). The van der Waals surface area contributed by atoms with Crippen molar-refractivity contribution in [1.29, 1.82) is 0 Å². The van der Waals surface area contributed by atoms with E-state index in [-0.39, 0.29) is 18.1 Å². The number of carbonyl (C=O) groups is 1. The summed E-state index contributed by atoms with van der Waals surface area (Å²) in [6.45, 7) is 0.621. The Kier molecular flexibility index (Phi) is 3.78. The maximum absolute atomic E-state index is 12.7. The molecule has 3 aromatic rings. The number of ether oxygens (including phenoxy) is 1. The number of nitrogens with one attached hydrogen (secondary N) is 1. The maximum atomic E-state index is 12.7. The fraction of sp³-hybridized carbons (Fsp3) is 0.353. The summed E-state index contributed by atoms with van der Waals surface area (Å²) in [5.74, 6) is -0.0887. The second-order valence-electron chi connectivity index (χ2n) is 6.05. The molecular formula is C17H19N5O2. The van der Waals surface area contributed by atoms with Crippen LogP contribution in [0.3, 0.4) is 0 Å². The number of amides is 1. The zero-order chi connectivity index (χ0) is 16.5. The van der Waals surface area contributed by atoms with Gasteiger partial charge in [0.1, 0.15) is 17.4 Å². The van der Waals surface area contributed by atoms with Crippen LogP contribution in [0.1, 0.15) is 35.1 Å². The van der Waals surface area contributed by atoms with Gasteiger partial charge in [-0.05, 0) is 25.0 Å². The molecule has 24 heavy (non-hydrogen) atoms. The van der Waals surface area contributed by atoms with E-state index in [0.29, 0.717) is 12.3 Å². The minimum atomic E-state index is -0.0887. The third-order valence-corrected chi connectivity index (χ3v) is 4.46. The van der Waals surface area contributed by atoms with E-state index in [9.17, 15) is 4.79 Å². The Morgan fingerprint density at radius 2 is 2.33 bits per heavy atom. The van der Waals surface area contributed by atoms with E-state index in [0.717, 1.165) is 24.2 Å². The van der Waals surface area contributed by atoms with Crippen molar-refractivity contribution in [3.8, 4) is 0 Å². The van der Waals surface area contributed by atoms with Gasteiger partial charge in [0.05, 0.1) is 18.2 Å². The smallest absolute Gasteiger partial charge is 0.268 e. The van der Waals surface area contributed by atoms with E-state index >= 15 is 0 Å². The highest BCUT2D eigenvalue weighted by atomic mass is 16.5. The molecular weight excluding hydrogens is 306 g/mol. The van der Waals surface area contributed by atoms with Gasteiger partial charge in [0.25, 0.3) is 5.91 Å². The van der Waals surface area contributed by atoms with Crippen LogP contribution in [0.15, 0.2) is 43.1 Å². The minimum Gasteiger partial charge on any atom is -0.372 e. The monoisotopic (exact) mass is 325 g/mol. The molecule has 0 aromatic carbocycles. The lowest BCUT2D eigenvalue weighted by molar-refractivity contribution is -0.00306. The molecule has 4 rings (SSSR count). The number of carbonyl (C=O) groups excluding carboxylic acids is 1. The van der Waals surface area contributed by atoms with E-state index in [4.69, 9.17) is 4.74 Å². The molecule has 1 saturated heterocycles. The van der Waals surface area contributed by atoms with Gasteiger partial charge < -0.3 is 14.6 Å². The summed E-state index contributed by atoms with van der Waals surface area (Å²) in [6, 6.07) is 5.61. The Morgan fingerprint density at radius 1 is 1.42 bits per heavy atom. The van der Waals surface area contributed by atoms with Crippen LogP contribution in [-0.2, 0) is 11.8 Å². The molecule has 0 bridgehead atoms. The molecule has 1 fully saturated rings. The first-order chi connectivity index (χ1) is 11.7. The summed E-state index contributed by atoms with van der Waals surface area (Å²) in [7, 11) is 1.95. The number of rotatable bonds is 3. The number of fused-ring (bicyclic) bond motifs is 1. The number of nitrogens with zero attached hydrogens (tertiary/aromatic N) is 4. The number of aryl methyl sites for hydroxylation is 1. The predicted molar refractivity (Wildman–Crippen MR) is 87.6 cm³/mol. The molecule has 3 aromatic heterocycles. The summed E-state index contributed by atoms with van der Waals surface area (Å²) in [6.07, 6.45) is 8.58. The molecule has 2 atom stereocenters. The van der Waals surface area contributed by atoms with Crippen LogP contribution in [0.25, 0.3) is 5.65 Å². The Balaban J connectivity index is 1.49. The van der Waals surface area contributed by atoms with E-state index in [1.165, 1.54) is 0 Å².